The van der Waals surface area contributed by atoms with E-state index >= 15 is 0 Å². The topological polar surface area (TPSA) is 41.1 Å². The molecular formula is C13H17BrN4S. The molecule has 0 fully saturated rings. The Bertz CT molecular complexity index is 508. The van der Waals surface area contributed by atoms with Crippen molar-refractivity contribution in [2.24, 2.45) is 0 Å². The molecule has 0 aromatic carbocycles. The van der Waals surface area contributed by atoms with Crippen molar-refractivity contribution in [3.05, 3.63) is 34.0 Å². The van der Waals surface area contributed by atoms with Gasteiger partial charge in [-0.1, -0.05) is 0 Å². The molecule has 0 aliphatic heterocycles. The van der Waals surface area contributed by atoms with E-state index in [9.17, 15) is 0 Å². The first-order valence-corrected chi connectivity index (χ1v) is 7.89. The molecule has 2 aromatic rings. The van der Waals surface area contributed by atoms with Gasteiger partial charge in [0.2, 0.25) is 0 Å². The van der Waals surface area contributed by atoms with Crippen LogP contribution in [0.5, 0.6) is 0 Å². The zero-order chi connectivity index (χ0) is 13.7. The Morgan fingerprint density at radius 2 is 2.00 bits per heavy atom. The number of rotatable bonds is 6. The van der Waals surface area contributed by atoms with E-state index in [1.165, 1.54) is 4.88 Å². The molecule has 0 bridgehead atoms. The normalized spacial score (nSPS) is 10.5. The summed E-state index contributed by atoms with van der Waals surface area (Å²) in [4.78, 5) is 12.1. The van der Waals surface area contributed by atoms with Gasteiger partial charge in [-0.3, -0.25) is 0 Å². The fourth-order valence-electron chi connectivity index (χ4n) is 1.69. The van der Waals surface area contributed by atoms with Gasteiger partial charge < -0.3 is 10.2 Å². The fourth-order valence-corrected chi connectivity index (χ4v) is 2.90. The largest absolute Gasteiger partial charge is 0.379 e. The number of pyridine rings is 1. The second kappa shape index (κ2) is 6.86. The lowest BCUT2D eigenvalue weighted by atomic mass is 10.4. The van der Waals surface area contributed by atoms with Gasteiger partial charge in [-0.25, -0.2) is 9.97 Å². The molecule has 19 heavy (non-hydrogen) atoms. The van der Waals surface area contributed by atoms with Crippen LogP contribution in [0, 0.1) is 0 Å². The van der Waals surface area contributed by atoms with E-state index in [-0.39, 0.29) is 0 Å². The highest BCUT2D eigenvalue weighted by Gasteiger charge is 2.07. The summed E-state index contributed by atoms with van der Waals surface area (Å²) in [5.41, 5.74) is 1.01. The number of nitrogens with zero attached hydrogens (tertiary/aromatic N) is 3. The van der Waals surface area contributed by atoms with Crippen LogP contribution in [0.3, 0.4) is 0 Å². The van der Waals surface area contributed by atoms with Crippen molar-refractivity contribution < 1.29 is 0 Å². The van der Waals surface area contributed by atoms with Crippen molar-refractivity contribution in [2.45, 2.75) is 20.4 Å². The van der Waals surface area contributed by atoms with E-state index in [0.29, 0.717) is 0 Å². The molecular weight excluding hydrogens is 324 g/mol. The number of nitrogens with one attached hydrogen (secondary N) is 1. The molecule has 2 heterocycles. The van der Waals surface area contributed by atoms with Crippen LogP contribution in [0.2, 0.25) is 0 Å². The van der Waals surface area contributed by atoms with Crippen molar-refractivity contribution in [1.82, 2.24) is 9.97 Å². The van der Waals surface area contributed by atoms with Crippen LogP contribution in [-0.4, -0.2) is 23.1 Å². The summed E-state index contributed by atoms with van der Waals surface area (Å²) in [6.45, 7) is 7.07. The Morgan fingerprint density at radius 3 is 2.63 bits per heavy atom. The Morgan fingerprint density at radius 1 is 1.21 bits per heavy atom. The number of thiazole rings is 1. The van der Waals surface area contributed by atoms with Gasteiger partial charge >= 0.3 is 0 Å². The molecule has 0 aliphatic carbocycles. The summed E-state index contributed by atoms with van der Waals surface area (Å²) >= 11 is 5.06. The predicted octanol–water partition coefficient (Wildman–Crippen LogP) is 3.76. The summed E-state index contributed by atoms with van der Waals surface area (Å²) in [5, 5.41) is 4.44. The smallest absolute Gasteiger partial charge is 0.185 e. The van der Waals surface area contributed by atoms with E-state index in [4.69, 9.17) is 0 Å². The highest BCUT2D eigenvalue weighted by atomic mass is 79.9. The molecule has 0 radical (unpaired) electrons. The number of hydrogen-bond acceptors (Lipinski definition) is 5. The highest BCUT2D eigenvalue weighted by Crippen LogP contribution is 2.23. The van der Waals surface area contributed by atoms with Crippen LogP contribution in [0.4, 0.5) is 10.8 Å². The Kier molecular flexibility index (Phi) is 5.15. The molecule has 0 aliphatic rings. The molecule has 4 nitrogen and oxygen atoms in total. The van der Waals surface area contributed by atoms with Crippen molar-refractivity contribution in [3.63, 3.8) is 0 Å². The average Bonchev–Trinajstić information content (AvgIpc) is 2.88. The molecule has 0 amide bonds. The summed E-state index contributed by atoms with van der Waals surface area (Å²) in [6, 6.07) is 3.93. The molecule has 1 N–H and O–H groups in total. The SMILES string of the molecule is CCN(CC)c1ncc(CNc2ccc(Br)nc2)s1. The van der Waals surface area contributed by atoms with Gasteiger partial charge in [0.1, 0.15) is 4.60 Å². The van der Waals surface area contributed by atoms with Crippen molar-refractivity contribution in [3.8, 4) is 0 Å². The third kappa shape index (κ3) is 3.91. The maximum atomic E-state index is 4.47. The summed E-state index contributed by atoms with van der Waals surface area (Å²) in [7, 11) is 0. The monoisotopic (exact) mass is 340 g/mol. The molecule has 0 atom stereocenters. The van der Waals surface area contributed by atoms with Crippen LogP contribution in [-0.2, 0) is 6.54 Å². The van der Waals surface area contributed by atoms with E-state index in [1.807, 2.05) is 24.5 Å². The van der Waals surface area contributed by atoms with E-state index < -0.39 is 0 Å². The standard InChI is InChI=1S/C13H17BrN4S/c1-3-18(4-2)13-17-9-11(19-13)8-15-10-5-6-12(14)16-7-10/h5-7,9,15H,3-4,8H2,1-2H3. The molecule has 0 saturated heterocycles. The molecule has 0 unspecified atom stereocenters. The van der Waals surface area contributed by atoms with Gasteiger partial charge in [0.05, 0.1) is 18.4 Å². The van der Waals surface area contributed by atoms with Crippen molar-refractivity contribution in [1.29, 1.82) is 0 Å². The van der Waals surface area contributed by atoms with Crippen LogP contribution in [0.25, 0.3) is 0 Å². The van der Waals surface area contributed by atoms with Crippen LogP contribution < -0.4 is 10.2 Å². The van der Waals surface area contributed by atoms with Gasteiger partial charge in [-0.2, -0.15) is 0 Å². The van der Waals surface area contributed by atoms with Crippen LogP contribution >= 0.6 is 27.3 Å². The second-order valence-corrected chi connectivity index (χ2v) is 5.91. The number of anilines is 2. The Balaban J connectivity index is 1.95. The molecule has 6 heteroatoms. The van der Waals surface area contributed by atoms with E-state index in [1.54, 1.807) is 11.3 Å². The van der Waals surface area contributed by atoms with Gasteiger partial charge in [-0.05, 0) is 41.9 Å². The van der Waals surface area contributed by atoms with Crippen LogP contribution in [0.1, 0.15) is 18.7 Å². The van der Waals surface area contributed by atoms with E-state index in [2.05, 4.69) is 50.0 Å². The summed E-state index contributed by atoms with van der Waals surface area (Å²) in [6.07, 6.45) is 3.76. The van der Waals surface area contributed by atoms with Gasteiger partial charge in [0.15, 0.2) is 5.13 Å². The fraction of sp³-hybridized carbons (Fsp3) is 0.385. The third-order valence-corrected chi connectivity index (χ3v) is 4.30. The minimum Gasteiger partial charge on any atom is -0.379 e. The molecule has 102 valence electrons. The quantitative estimate of drug-likeness (QED) is 0.813. The highest BCUT2D eigenvalue weighted by molar-refractivity contribution is 9.10. The van der Waals surface area contributed by atoms with E-state index in [0.717, 1.165) is 35.1 Å². The Labute approximate surface area is 126 Å². The van der Waals surface area contributed by atoms with Gasteiger partial charge in [0, 0.05) is 24.2 Å². The zero-order valence-electron chi connectivity index (χ0n) is 11.1. The molecule has 0 spiro atoms. The number of hydrogen-bond donors (Lipinski definition) is 1. The first kappa shape index (κ1) is 14.3. The summed E-state index contributed by atoms with van der Waals surface area (Å²) < 4.78 is 0.847. The molecule has 2 rings (SSSR count). The third-order valence-electron chi connectivity index (χ3n) is 2.77. The first-order valence-electron chi connectivity index (χ1n) is 6.28. The molecule has 0 saturated carbocycles. The minimum atomic E-state index is 0.780. The molecule has 2 aromatic heterocycles. The zero-order valence-corrected chi connectivity index (χ0v) is 13.5. The van der Waals surface area contributed by atoms with Gasteiger partial charge in [0.25, 0.3) is 0 Å². The first-order chi connectivity index (χ1) is 9.22. The van der Waals surface area contributed by atoms with Gasteiger partial charge in [-0.15, -0.1) is 11.3 Å². The summed E-state index contributed by atoms with van der Waals surface area (Å²) in [5.74, 6) is 0. The lowest BCUT2D eigenvalue weighted by Crippen LogP contribution is -2.21. The minimum absolute atomic E-state index is 0.780. The number of aromatic nitrogens is 2. The maximum absolute atomic E-state index is 4.47. The predicted molar refractivity (Wildman–Crippen MR) is 84.9 cm³/mol. The van der Waals surface area contributed by atoms with Crippen molar-refractivity contribution >= 4 is 38.1 Å². The second-order valence-electron chi connectivity index (χ2n) is 4.00. The maximum Gasteiger partial charge on any atom is 0.185 e. The number of halogens is 1. The average molecular weight is 341 g/mol. The lowest BCUT2D eigenvalue weighted by molar-refractivity contribution is 0.860. The van der Waals surface area contributed by atoms with Crippen LogP contribution in [0.15, 0.2) is 29.1 Å². The Hall–Kier alpha value is -1.14. The lowest BCUT2D eigenvalue weighted by Gasteiger charge is -2.16. The van der Waals surface area contributed by atoms with Crippen molar-refractivity contribution in [2.75, 3.05) is 23.3 Å².